The molecule has 0 saturated heterocycles. The Morgan fingerprint density at radius 3 is 2.60 bits per heavy atom. The van der Waals surface area contributed by atoms with E-state index in [0.717, 1.165) is 37.7 Å². The first kappa shape index (κ1) is 12.0. The summed E-state index contributed by atoms with van der Waals surface area (Å²) >= 11 is 0. The molecule has 1 aromatic rings. The van der Waals surface area contributed by atoms with Crippen molar-refractivity contribution in [3.8, 4) is 0 Å². The van der Waals surface area contributed by atoms with Gasteiger partial charge in [-0.1, -0.05) is 6.92 Å². The largest absolute Gasteiger partial charge is 0.341 e. The topological polar surface area (TPSA) is 47.1 Å². The molecule has 0 fully saturated rings. The van der Waals surface area contributed by atoms with Crippen molar-refractivity contribution in [1.29, 1.82) is 0 Å². The number of aromatic nitrogens is 2. The van der Waals surface area contributed by atoms with E-state index in [2.05, 4.69) is 41.4 Å². The zero-order valence-corrected chi connectivity index (χ0v) is 10.0. The molecule has 0 saturated carbocycles. The average Bonchev–Trinajstić information content (AvgIpc) is 2.68. The molecule has 0 radical (unpaired) electrons. The van der Waals surface area contributed by atoms with Crippen molar-refractivity contribution in [2.45, 2.75) is 33.7 Å². The van der Waals surface area contributed by atoms with Crippen LogP contribution < -0.4 is 10.6 Å². The van der Waals surface area contributed by atoms with Crippen molar-refractivity contribution in [2.24, 2.45) is 5.73 Å². The summed E-state index contributed by atoms with van der Waals surface area (Å²) in [7, 11) is 0. The van der Waals surface area contributed by atoms with Gasteiger partial charge in [-0.15, -0.1) is 0 Å². The van der Waals surface area contributed by atoms with E-state index >= 15 is 0 Å². The summed E-state index contributed by atoms with van der Waals surface area (Å²) in [4.78, 5) is 6.85. The van der Waals surface area contributed by atoms with Gasteiger partial charge < -0.3 is 15.2 Å². The highest BCUT2D eigenvalue weighted by Crippen LogP contribution is 2.14. The lowest BCUT2D eigenvalue weighted by molar-refractivity contribution is 0.701. The zero-order chi connectivity index (χ0) is 11.3. The van der Waals surface area contributed by atoms with Crippen molar-refractivity contribution in [3.05, 3.63) is 11.9 Å². The van der Waals surface area contributed by atoms with E-state index in [4.69, 9.17) is 5.73 Å². The Bertz CT molecular complexity index is 293. The molecule has 0 aliphatic carbocycles. The molecule has 15 heavy (non-hydrogen) atoms. The minimum Gasteiger partial charge on any atom is -0.341 e. The summed E-state index contributed by atoms with van der Waals surface area (Å²) in [6.45, 7) is 9.87. The highest BCUT2D eigenvalue weighted by atomic mass is 15.3. The molecular weight excluding hydrogens is 188 g/mol. The van der Waals surface area contributed by atoms with E-state index in [1.807, 2.05) is 0 Å². The van der Waals surface area contributed by atoms with Crippen LogP contribution in [-0.4, -0.2) is 29.2 Å². The van der Waals surface area contributed by atoms with Crippen LogP contribution in [0.25, 0.3) is 0 Å². The smallest absolute Gasteiger partial charge is 0.205 e. The molecule has 0 amide bonds. The van der Waals surface area contributed by atoms with Crippen LogP contribution >= 0.6 is 0 Å². The van der Waals surface area contributed by atoms with E-state index < -0.39 is 0 Å². The summed E-state index contributed by atoms with van der Waals surface area (Å²) in [5.41, 5.74) is 6.75. The molecule has 0 atom stereocenters. The van der Waals surface area contributed by atoms with E-state index in [1.165, 1.54) is 0 Å². The minimum absolute atomic E-state index is 0.672. The summed E-state index contributed by atoms with van der Waals surface area (Å²) in [5, 5.41) is 0. The number of likely N-dealkylation sites (N-methyl/N-ethyl adjacent to an activating group) is 1. The standard InChI is InChI=1S/C11H22N4/c1-4-10-9-15(6-3)11(13-10)14(5-2)8-7-12/h9H,4-8,12H2,1-3H3. The van der Waals surface area contributed by atoms with Gasteiger partial charge in [0.1, 0.15) is 0 Å². The van der Waals surface area contributed by atoms with Gasteiger partial charge in [0.15, 0.2) is 0 Å². The number of rotatable bonds is 6. The Kier molecular flexibility index (Phi) is 4.62. The Labute approximate surface area is 92.1 Å². The van der Waals surface area contributed by atoms with Crippen molar-refractivity contribution >= 4 is 5.95 Å². The van der Waals surface area contributed by atoms with Crippen molar-refractivity contribution in [3.63, 3.8) is 0 Å². The number of imidazole rings is 1. The number of hydrogen-bond acceptors (Lipinski definition) is 3. The number of hydrogen-bond donors (Lipinski definition) is 1. The van der Waals surface area contributed by atoms with Crippen LogP contribution in [0.4, 0.5) is 5.95 Å². The van der Waals surface area contributed by atoms with E-state index in [-0.39, 0.29) is 0 Å². The van der Waals surface area contributed by atoms with Crippen molar-refractivity contribution in [1.82, 2.24) is 9.55 Å². The maximum Gasteiger partial charge on any atom is 0.205 e. The summed E-state index contributed by atoms with van der Waals surface area (Å²) < 4.78 is 2.19. The Morgan fingerprint density at radius 1 is 1.40 bits per heavy atom. The summed E-state index contributed by atoms with van der Waals surface area (Å²) in [6, 6.07) is 0. The fourth-order valence-electron chi connectivity index (χ4n) is 1.67. The molecule has 1 aromatic heterocycles. The van der Waals surface area contributed by atoms with Gasteiger partial charge in [0.25, 0.3) is 0 Å². The quantitative estimate of drug-likeness (QED) is 0.768. The zero-order valence-electron chi connectivity index (χ0n) is 10.0. The highest BCUT2D eigenvalue weighted by Gasteiger charge is 2.11. The predicted molar refractivity (Wildman–Crippen MR) is 64.2 cm³/mol. The fraction of sp³-hybridized carbons (Fsp3) is 0.727. The van der Waals surface area contributed by atoms with E-state index in [0.29, 0.717) is 6.54 Å². The summed E-state index contributed by atoms with van der Waals surface area (Å²) in [5.74, 6) is 1.06. The van der Waals surface area contributed by atoms with Gasteiger partial charge in [0.05, 0.1) is 5.69 Å². The van der Waals surface area contributed by atoms with Crippen LogP contribution in [0.3, 0.4) is 0 Å². The van der Waals surface area contributed by atoms with Gasteiger partial charge >= 0.3 is 0 Å². The van der Waals surface area contributed by atoms with Crippen molar-refractivity contribution < 1.29 is 0 Å². The molecule has 0 spiro atoms. The predicted octanol–water partition coefficient (Wildman–Crippen LogP) is 1.25. The molecule has 4 heteroatoms. The molecule has 0 unspecified atom stereocenters. The van der Waals surface area contributed by atoms with Gasteiger partial charge in [-0.05, 0) is 20.3 Å². The monoisotopic (exact) mass is 210 g/mol. The maximum atomic E-state index is 5.59. The molecular formula is C11H22N4. The van der Waals surface area contributed by atoms with Gasteiger partial charge in [-0.3, -0.25) is 0 Å². The third-order valence-electron chi connectivity index (χ3n) is 2.57. The molecule has 86 valence electrons. The molecule has 2 N–H and O–H groups in total. The second-order valence-corrected chi connectivity index (χ2v) is 3.54. The van der Waals surface area contributed by atoms with E-state index in [9.17, 15) is 0 Å². The molecule has 4 nitrogen and oxygen atoms in total. The normalized spacial score (nSPS) is 10.7. The molecule has 0 aliphatic rings. The molecule has 0 bridgehead atoms. The number of nitrogens with zero attached hydrogens (tertiary/aromatic N) is 3. The van der Waals surface area contributed by atoms with Crippen LogP contribution in [0, 0.1) is 0 Å². The van der Waals surface area contributed by atoms with Gasteiger partial charge in [-0.25, -0.2) is 4.98 Å². The Morgan fingerprint density at radius 2 is 2.13 bits per heavy atom. The highest BCUT2D eigenvalue weighted by molar-refractivity contribution is 5.33. The van der Waals surface area contributed by atoms with Gasteiger partial charge in [-0.2, -0.15) is 0 Å². The number of anilines is 1. The number of nitrogens with two attached hydrogens (primary N) is 1. The fourth-order valence-corrected chi connectivity index (χ4v) is 1.67. The van der Waals surface area contributed by atoms with Crippen molar-refractivity contribution in [2.75, 3.05) is 24.5 Å². The van der Waals surface area contributed by atoms with E-state index in [1.54, 1.807) is 0 Å². The Hall–Kier alpha value is -1.03. The third kappa shape index (κ3) is 2.72. The van der Waals surface area contributed by atoms with Crippen LogP contribution in [0.15, 0.2) is 6.20 Å². The Balaban J connectivity index is 2.93. The molecule has 1 rings (SSSR count). The van der Waals surface area contributed by atoms with Gasteiger partial charge in [0.2, 0.25) is 5.95 Å². The lowest BCUT2D eigenvalue weighted by atomic mass is 10.4. The first-order valence-electron chi connectivity index (χ1n) is 5.77. The average molecular weight is 210 g/mol. The first-order chi connectivity index (χ1) is 7.26. The lowest BCUT2D eigenvalue weighted by Crippen LogP contribution is -2.31. The molecule has 1 heterocycles. The van der Waals surface area contributed by atoms with Gasteiger partial charge in [0, 0.05) is 32.4 Å². The van der Waals surface area contributed by atoms with Crippen LogP contribution in [-0.2, 0) is 13.0 Å². The maximum absolute atomic E-state index is 5.59. The van der Waals surface area contributed by atoms with Crippen LogP contribution in [0.5, 0.6) is 0 Å². The molecule has 0 aromatic carbocycles. The number of aryl methyl sites for hydroxylation is 2. The summed E-state index contributed by atoms with van der Waals surface area (Å²) in [6.07, 6.45) is 3.12. The van der Waals surface area contributed by atoms with Crippen LogP contribution in [0.2, 0.25) is 0 Å². The minimum atomic E-state index is 0.672. The first-order valence-corrected chi connectivity index (χ1v) is 5.77. The SMILES string of the molecule is CCc1cn(CC)c(N(CC)CCN)n1. The van der Waals surface area contributed by atoms with Crippen LogP contribution in [0.1, 0.15) is 26.5 Å². The second kappa shape index (κ2) is 5.75. The molecule has 0 aliphatic heterocycles. The third-order valence-corrected chi connectivity index (χ3v) is 2.57. The second-order valence-electron chi connectivity index (χ2n) is 3.54. The lowest BCUT2D eigenvalue weighted by Gasteiger charge is -2.21.